The number of anilines is 1. The van der Waals surface area contributed by atoms with Crippen molar-refractivity contribution in [3.8, 4) is 0 Å². The molecule has 0 saturated carbocycles. The molecule has 0 spiro atoms. The number of nitrogens with zero attached hydrogens (tertiary/aromatic N) is 3. The predicted molar refractivity (Wildman–Crippen MR) is 112 cm³/mol. The van der Waals surface area contributed by atoms with E-state index in [2.05, 4.69) is 22.1 Å². The van der Waals surface area contributed by atoms with E-state index in [0.29, 0.717) is 13.0 Å². The number of hydrogen-bond acceptors (Lipinski definition) is 5. The van der Waals surface area contributed by atoms with Gasteiger partial charge in [-0.15, -0.1) is 0 Å². The summed E-state index contributed by atoms with van der Waals surface area (Å²) in [5.74, 6) is 0.231. The molecule has 0 bridgehead atoms. The van der Waals surface area contributed by atoms with Crippen LogP contribution in [0.3, 0.4) is 0 Å². The van der Waals surface area contributed by atoms with Crippen LogP contribution in [0.1, 0.15) is 22.5 Å². The van der Waals surface area contributed by atoms with Gasteiger partial charge in [-0.25, -0.2) is 4.98 Å². The van der Waals surface area contributed by atoms with Crippen LogP contribution in [-0.4, -0.2) is 33.1 Å². The number of nitro benzene ring substituents is 1. The van der Waals surface area contributed by atoms with Crippen molar-refractivity contribution >= 4 is 29.0 Å². The van der Waals surface area contributed by atoms with E-state index in [1.165, 1.54) is 23.4 Å². The molecule has 1 aromatic heterocycles. The SMILES string of the molecule is Cc1[nH]c(SCC(=O)N2CCc3cc([N+](=O)[O-])ccc32)nc1Cc1ccccc1. The molecule has 0 aliphatic carbocycles. The van der Waals surface area contributed by atoms with Crippen LogP contribution in [0.4, 0.5) is 11.4 Å². The van der Waals surface area contributed by atoms with Crippen LogP contribution in [-0.2, 0) is 17.6 Å². The zero-order valence-corrected chi connectivity index (χ0v) is 16.7. The van der Waals surface area contributed by atoms with Crippen LogP contribution in [0.2, 0.25) is 0 Å². The van der Waals surface area contributed by atoms with Crippen LogP contribution < -0.4 is 4.90 Å². The highest BCUT2D eigenvalue weighted by Crippen LogP contribution is 2.32. The third-order valence-corrected chi connectivity index (χ3v) is 5.84. The lowest BCUT2D eigenvalue weighted by molar-refractivity contribution is -0.384. The molecule has 8 heteroatoms. The second kappa shape index (κ2) is 8.08. The van der Waals surface area contributed by atoms with Crippen molar-refractivity contribution in [3.63, 3.8) is 0 Å². The molecule has 0 radical (unpaired) electrons. The summed E-state index contributed by atoms with van der Waals surface area (Å²) in [6, 6.07) is 14.8. The number of imidazole rings is 1. The summed E-state index contributed by atoms with van der Waals surface area (Å²) in [7, 11) is 0. The van der Waals surface area contributed by atoms with Crippen LogP contribution in [0.25, 0.3) is 0 Å². The minimum absolute atomic E-state index is 0.0266. The third-order valence-electron chi connectivity index (χ3n) is 4.98. The number of H-pyrrole nitrogens is 1. The molecule has 1 aliphatic heterocycles. The maximum Gasteiger partial charge on any atom is 0.269 e. The van der Waals surface area contributed by atoms with Gasteiger partial charge >= 0.3 is 0 Å². The summed E-state index contributed by atoms with van der Waals surface area (Å²) in [4.78, 5) is 32.8. The molecule has 148 valence electrons. The van der Waals surface area contributed by atoms with Gasteiger partial charge in [0, 0.05) is 36.5 Å². The molecule has 7 nitrogen and oxygen atoms in total. The van der Waals surface area contributed by atoms with E-state index in [9.17, 15) is 14.9 Å². The first-order valence-electron chi connectivity index (χ1n) is 9.31. The van der Waals surface area contributed by atoms with Crippen LogP contribution >= 0.6 is 11.8 Å². The van der Waals surface area contributed by atoms with Crippen molar-refractivity contribution in [2.75, 3.05) is 17.2 Å². The monoisotopic (exact) mass is 408 g/mol. The zero-order chi connectivity index (χ0) is 20.4. The maximum absolute atomic E-state index is 12.7. The van der Waals surface area contributed by atoms with Gasteiger partial charge in [0.2, 0.25) is 5.91 Å². The van der Waals surface area contributed by atoms with Crippen LogP contribution in [0, 0.1) is 17.0 Å². The first-order valence-corrected chi connectivity index (χ1v) is 10.3. The molecule has 0 atom stereocenters. The Labute approximate surface area is 172 Å². The van der Waals surface area contributed by atoms with Gasteiger partial charge in [0.1, 0.15) is 0 Å². The number of fused-ring (bicyclic) bond motifs is 1. The summed E-state index contributed by atoms with van der Waals surface area (Å²) in [5.41, 5.74) is 4.84. The Balaban J connectivity index is 1.40. The number of carbonyl (C=O) groups is 1. The topological polar surface area (TPSA) is 92.1 Å². The predicted octanol–water partition coefficient (Wildman–Crippen LogP) is 3.90. The second-order valence-corrected chi connectivity index (χ2v) is 7.89. The number of aromatic amines is 1. The number of aromatic nitrogens is 2. The van der Waals surface area contributed by atoms with Gasteiger partial charge in [-0.05, 0) is 30.5 Å². The summed E-state index contributed by atoms with van der Waals surface area (Å²) in [6.45, 7) is 2.53. The lowest BCUT2D eigenvalue weighted by Crippen LogP contribution is -2.30. The standard InChI is InChI=1S/C21H20N4O3S/c1-14-18(11-15-5-3-2-4-6-15)23-21(22-14)29-13-20(26)24-10-9-16-12-17(25(27)28)7-8-19(16)24/h2-8,12H,9-11,13H2,1H3,(H,22,23). The summed E-state index contributed by atoms with van der Waals surface area (Å²) < 4.78 is 0. The van der Waals surface area contributed by atoms with E-state index in [1.54, 1.807) is 17.0 Å². The Morgan fingerprint density at radius 1 is 1.28 bits per heavy atom. The van der Waals surface area contributed by atoms with Gasteiger partial charge in [0.05, 0.1) is 16.4 Å². The molecule has 1 aliphatic rings. The van der Waals surface area contributed by atoms with Crippen molar-refractivity contribution in [3.05, 3.63) is 81.2 Å². The molecule has 4 rings (SSSR count). The Bertz CT molecular complexity index is 1070. The molecule has 29 heavy (non-hydrogen) atoms. The summed E-state index contributed by atoms with van der Waals surface area (Å²) >= 11 is 1.38. The molecule has 3 aromatic rings. The third kappa shape index (κ3) is 4.17. The normalized spacial score (nSPS) is 12.8. The van der Waals surface area contributed by atoms with Crippen molar-refractivity contribution < 1.29 is 9.72 Å². The number of carbonyl (C=O) groups excluding carboxylic acids is 1. The minimum atomic E-state index is -0.410. The van der Waals surface area contributed by atoms with E-state index < -0.39 is 4.92 Å². The number of nitro groups is 1. The highest BCUT2D eigenvalue weighted by molar-refractivity contribution is 7.99. The number of aryl methyl sites for hydroxylation is 1. The molecule has 0 saturated heterocycles. The van der Waals surface area contributed by atoms with Gasteiger partial charge in [0.15, 0.2) is 5.16 Å². The fraction of sp³-hybridized carbons (Fsp3) is 0.238. The Morgan fingerprint density at radius 2 is 2.07 bits per heavy atom. The number of hydrogen-bond donors (Lipinski definition) is 1. The fourth-order valence-corrected chi connectivity index (χ4v) is 4.28. The number of amides is 1. The maximum atomic E-state index is 12.7. The van der Waals surface area contributed by atoms with E-state index in [4.69, 9.17) is 0 Å². The quantitative estimate of drug-likeness (QED) is 0.379. The lowest BCUT2D eigenvalue weighted by atomic mass is 10.1. The average molecular weight is 408 g/mol. The van der Waals surface area contributed by atoms with E-state index in [1.807, 2.05) is 25.1 Å². The van der Waals surface area contributed by atoms with Crippen LogP contribution in [0.5, 0.6) is 0 Å². The zero-order valence-electron chi connectivity index (χ0n) is 15.9. The van der Waals surface area contributed by atoms with Crippen molar-refractivity contribution in [1.82, 2.24) is 9.97 Å². The average Bonchev–Trinajstić information content (AvgIpc) is 3.30. The number of benzene rings is 2. The van der Waals surface area contributed by atoms with Gasteiger partial charge in [-0.1, -0.05) is 42.1 Å². The van der Waals surface area contributed by atoms with Gasteiger partial charge < -0.3 is 9.88 Å². The number of non-ortho nitro benzene ring substituents is 1. The number of rotatable bonds is 6. The summed E-state index contributed by atoms with van der Waals surface area (Å²) in [6.07, 6.45) is 1.38. The molecular weight excluding hydrogens is 388 g/mol. The lowest BCUT2D eigenvalue weighted by Gasteiger charge is -2.16. The molecule has 2 aromatic carbocycles. The van der Waals surface area contributed by atoms with E-state index in [0.717, 1.165) is 34.2 Å². The Hall–Kier alpha value is -3.13. The highest BCUT2D eigenvalue weighted by Gasteiger charge is 2.26. The fourth-order valence-electron chi connectivity index (χ4n) is 3.47. The van der Waals surface area contributed by atoms with Gasteiger partial charge in [-0.2, -0.15) is 0 Å². The minimum Gasteiger partial charge on any atom is -0.337 e. The van der Waals surface area contributed by atoms with Crippen molar-refractivity contribution in [2.24, 2.45) is 0 Å². The first-order chi connectivity index (χ1) is 14.0. The molecule has 1 amide bonds. The number of nitrogens with one attached hydrogen (secondary N) is 1. The second-order valence-electron chi connectivity index (χ2n) is 6.93. The molecule has 2 heterocycles. The van der Waals surface area contributed by atoms with Crippen molar-refractivity contribution in [1.29, 1.82) is 0 Å². The number of thioether (sulfide) groups is 1. The summed E-state index contributed by atoms with van der Waals surface area (Å²) in [5, 5.41) is 11.7. The van der Waals surface area contributed by atoms with Gasteiger partial charge in [-0.3, -0.25) is 14.9 Å². The molecule has 0 fully saturated rings. The first kappa shape index (κ1) is 19.2. The largest absolute Gasteiger partial charge is 0.337 e. The van der Waals surface area contributed by atoms with Gasteiger partial charge in [0.25, 0.3) is 5.69 Å². The molecule has 1 N–H and O–H groups in total. The smallest absolute Gasteiger partial charge is 0.269 e. The highest BCUT2D eigenvalue weighted by atomic mass is 32.2. The van der Waals surface area contributed by atoms with E-state index >= 15 is 0 Å². The Morgan fingerprint density at radius 3 is 2.83 bits per heavy atom. The van der Waals surface area contributed by atoms with Crippen molar-refractivity contribution in [2.45, 2.75) is 24.9 Å². The van der Waals surface area contributed by atoms with Crippen LogP contribution in [0.15, 0.2) is 53.7 Å². The van der Waals surface area contributed by atoms with E-state index in [-0.39, 0.29) is 17.3 Å². The molecular formula is C21H20N4O3S. The molecule has 0 unspecified atom stereocenters. The Kier molecular flexibility index (Phi) is 5.35.